The van der Waals surface area contributed by atoms with E-state index in [0.717, 1.165) is 11.3 Å². The first-order chi connectivity index (χ1) is 13.3. The first-order valence-corrected chi connectivity index (χ1v) is 9.62. The van der Waals surface area contributed by atoms with Crippen LogP contribution in [0.5, 0.6) is 0 Å². The van der Waals surface area contributed by atoms with Crippen molar-refractivity contribution in [2.24, 2.45) is 0 Å². The molecule has 5 heteroatoms. The molecule has 1 aromatic heterocycles. The quantitative estimate of drug-likeness (QED) is 0.537. The van der Waals surface area contributed by atoms with Crippen LogP contribution in [-0.4, -0.2) is 10.9 Å². The van der Waals surface area contributed by atoms with Crippen LogP contribution in [0, 0.1) is 0 Å². The number of rotatable bonds is 5. The van der Waals surface area contributed by atoms with Crippen LogP contribution in [0.25, 0.3) is 0 Å². The molecule has 1 N–H and O–H groups in total. The molecule has 0 unspecified atom stereocenters. The summed E-state index contributed by atoms with van der Waals surface area (Å²) in [5.41, 5.74) is 3.07. The second-order valence-electron chi connectivity index (χ2n) is 7.82. The Bertz CT molecular complexity index is 913. The minimum Gasteiger partial charge on any atom is -0.467 e. The van der Waals surface area contributed by atoms with Gasteiger partial charge in [0.1, 0.15) is 5.76 Å². The van der Waals surface area contributed by atoms with E-state index in [4.69, 9.17) is 16.0 Å². The van der Waals surface area contributed by atoms with Crippen molar-refractivity contribution in [1.29, 1.82) is 0 Å². The summed E-state index contributed by atoms with van der Waals surface area (Å²) in [4.78, 5) is 14.6. The lowest BCUT2D eigenvalue weighted by Crippen LogP contribution is -2.34. The monoisotopic (exact) mass is 396 g/mol. The topological polar surface area (TPSA) is 45.5 Å². The van der Waals surface area contributed by atoms with Gasteiger partial charge in [0.25, 0.3) is 0 Å². The van der Waals surface area contributed by atoms with Gasteiger partial charge in [-0.25, -0.2) is 4.79 Å². The van der Waals surface area contributed by atoms with Crippen LogP contribution < -0.4 is 5.32 Å². The number of urea groups is 1. The van der Waals surface area contributed by atoms with Gasteiger partial charge in [0.15, 0.2) is 0 Å². The lowest BCUT2D eigenvalue weighted by molar-refractivity contribution is 0.201. The van der Waals surface area contributed by atoms with E-state index >= 15 is 0 Å². The van der Waals surface area contributed by atoms with Crippen molar-refractivity contribution < 1.29 is 9.21 Å². The fraction of sp³-hybridized carbons (Fsp3) is 0.261. The summed E-state index contributed by atoms with van der Waals surface area (Å²) in [6.45, 7) is 7.40. The van der Waals surface area contributed by atoms with Gasteiger partial charge < -0.3 is 14.6 Å². The van der Waals surface area contributed by atoms with E-state index in [1.807, 2.05) is 18.2 Å². The molecule has 1 heterocycles. The highest BCUT2D eigenvalue weighted by molar-refractivity contribution is 6.30. The van der Waals surface area contributed by atoms with Crippen LogP contribution in [0.2, 0.25) is 5.02 Å². The van der Waals surface area contributed by atoms with Crippen molar-refractivity contribution in [3.05, 3.63) is 88.8 Å². The number of furan rings is 1. The molecule has 2 amide bonds. The van der Waals surface area contributed by atoms with Crippen LogP contribution in [0.4, 0.5) is 10.5 Å². The zero-order valence-corrected chi connectivity index (χ0v) is 17.2. The SMILES string of the molecule is CC(C)(C)c1ccc(CN(Cc2ccco2)C(=O)Nc2cccc(Cl)c2)cc1. The first kappa shape index (κ1) is 20.0. The van der Waals surface area contributed by atoms with Crippen LogP contribution in [-0.2, 0) is 18.5 Å². The standard InChI is InChI=1S/C23H25ClN2O2/c1-23(2,3)18-11-9-17(10-12-18)15-26(16-21-8-5-13-28-21)22(27)25-20-7-4-6-19(24)14-20/h4-14H,15-16H2,1-3H3,(H,25,27). The maximum absolute atomic E-state index is 12.9. The predicted molar refractivity (Wildman–Crippen MR) is 114 cm³/mol. The van der Waals surface area contributed by atoms with E-state index in [1.165, 1.54) is 5.56 Å². The van der Waals surface area contributed by atoms with Gasteiger partial charge in [0.05, 0.1) is 12.8 Å². The van der Waals surface area contributed by atoms with E-state index in [2.05, 4.69) is 50.4 Å². The molecule has 2 aromatic carbocycles. The highest BCUT2D eigenvalue weighted by atomic mass is 35.5. The van der Waals surface area contributed by atoms with Crippen molar-refractivity contribution in [2.45, 2.75) is 39.3 Å². The lowest BCUT2D eigenvalue weighted by Gasteiger charge is -2.23. The molecule has 0 fully saturated rings. The molecule has 0 aliphatic heterocycles. The van der Waals surface area contributed by atoms with Crippen LogP contribution >= 0.6 is 11.6 Å². The van der Waals surface area contributed by atoms with Crippen molar-refractivity contribution >= 4 is 23.3 Å². The van der Waals surface area contributed by atoms with E-state index in [0.29, 0.717) is 23.8 Å². The average molecular weight is 397 g/mol. The fourth-order valence-electron chi connectivity index (χ4n) is 2.89. The van der Waals surface area contributed by atoms with E-state index in [9.17, 15) is 4.79 Å². The Morgan fingerprint density at radius 3 is 2.39 bits per heavy atom. The van der Waals surface area contributed by atoms with Crippen LogP contribution in [0.15, 0.2) is 71.3 Å². The van der Waals surface area contributed by atoms with Crippen molar-refractivity contribution in [2.75, 3.05) is 5.32 Å². The van der Waals surface area contributed by atoms with Crippen LogP contribution in [0.3, 0.4) is 0 Å². The molecule has 0 bridgehead atoms. The number of carbonyl (C=O) groups excluding carboxylic acids is 1. The number of amides is 2. The highest BCUT2D eigenvalue weighted by Crippen LogP contribution is 2.23. The second kappa shape index (κ2) is 8.53. The maximum atomic E-state index is 12.9. The molecule has 0 aliphatic rings. The molecule has 0 radical (unpaired) electrons. The molecule has 146 valence electrons. The minimum atomic E-state index is -0.210. The summed E-state index contributed by atoms with van der Waals surface area (Å²) >= 11 is 6.02. The van der Waals surface area contributed by atoms with Gasteiger partial charge >= 0.3 is 6.03 Å². The molecule has 0 aliphatic carbocycles. The van der Waals surface area contributed by atoms with Crippen molar-refractivity contribution in [3.63, 3.8) is 0 Å². The number of carbonyl (C=O) groups is 1. The number of nitrogens with one attached hydrogen (secondary N) is 1. The van der Waals surface area contributed by atoms with Crippen LogP contribution in [0.1, 0.15) is 37.7 Å². The smallest absolute Gasteiger partial charge is 0.322 e. The number of halogens is 1. The Morgan fingerprint density at radius 2 is 1.79 bits per heavy atom. The molecule has 28 heavy (non-hydrogen) atoms. The number of anilines is 1. The summed E-state index contributed by atoms with van der Waals surface area (Å²) in [5.74, 6) is 0.729. The minimum absolute atomic E-state index is 0.0936. The maximum Gasteiger partial charge on any atom is 0.322 e. The third kappa shape index (κ3) is 5.40. The fourth-order valence-corrected chi connectivity index (χ4v) is 3.08. The second-order valence-corrected chi connectivity index (χ2v) is 8.26. The van der Waals surface area contributed by atoms with E-state index in [-0.39, 0.29) is 11.4 Å². The zero-order chi connectivity index (χ0) is 20.1. The van der Waals surface area contributed by atoms with E-state index < -0.39 is 0 Å². The van der Waals surface area contributed by atoms with Gasteiger partial charge in [0, 0.05) is 17.3 Å². The molecular formula is C23H25ClN2O2. The average Bonchev–Trinajstić information content (AvgIpc) is 3.14. The zero-order valence-electron chi connectivity index (χ0n) is 16.4. The predicted octanol–water partition coefficient (Wildman–Crippen LogP) is 6.46. The van der Waals surface area contributed by atoms with E-state index in [1.54, 1.807) is 29.4 Å². The van der Waals surface area contributed by atoms with Gasteiger partial charge in [-0.15, -0.1) is 0 Å². The number of hydrogen-bond donors (Lipinski definition) is 1. The summed E-state index contributed by atoms with van der Waals surface area (Å²) < 4.78 is 5.44. The Morgan fingerprint density at radius 1 is 1.04 bits per heavy atom. The summed E-state index contributed by atoms with van der Waals surface area (Å²) in [5, 5.41) is 3.49. The first-order valence-electron chi connectivity index (χ1n) is 9.24. The third-order valence-corrected chi connectivity index (χ3v) is 4.72. The number of benzene rings is 2. The Hall–Kier alpha value is -2.72. The van der Waals surface area contributed by atoms with Gasteiger partial charge in [-0.2, -0.15) is 0 Å². The van der Waals surface area contributed by atoms with Crippen molar-refractivity contribution in [3.8, 4) is 0 Å². The van der Waals surface area contributed by atoms with Gasteiger partial charge in [0.2, 0.25) is 0 Å². The Balaban J connectivity index is 1.77. The summed E-state index contributed by atoms with van der Waals surface area (Å²) in [6.07, 6.45) is 1.61. The number of nitrogens with zero attached hydrogens (tertiary/aromatic N) is 1. The molecule has 0 atom stereocenters. The Kier molecular flexibility index (Phi) is 6.10. The molecule has 0 spiro atoms. The number of hydrogen-bond acceptors (Lipinski definition) is 2. The van der Waals surface area contributed by atoms with Gasteiger partial charge in [-0.1, -0.05) is 62.7 Å². The normalized spacial score (nSPS) is 11.3. The van der Waals surface area contributed by atoms with Gasteiger partial charge in [-0.05, 0) is 46.9 Å². The summed E-state index contributed by atoms with van der Waals surface area (Å²) in [6, 6.07) is 19.0. The van der Waals surface area contributed by atoms with Gasteiger partial charge in [-0.3, -0.25) is 0 Å². The third-order valence-electron chi connectivity index (χ3n) is 4.48. The summed E-state index contributed by atoms with van der Waals surface area (Å²) in [7, 11) is 0. The molecule has 0 saturated carbocycles. The molecule has 3 aromatic rings. The molecule has 3 rings (SSSR count). The molecule has 4 nitrogen and oxygen atoms in total. The Labute approximate surface area is 171 Å². The van der Waals surface area contributed by atoms with Crippen molar-refractivity contribution in [1.82, 2.24) is 4.90 Å². The molecule has 0 saturated heterocycles. The lowest BCUT2D eigenvalue weighted by atomic mass is 9.87. The molecular weight excluding hydrogens is 372 g/mol. The largest absolute Gasteiger partial charge is 0.467 e. The highest BCUT2D eigenvalue weighted by Gasteiger charge is 2.18.